The second-order valence-corrected chi connectivity index (χ2v) is 6.36. The van der Waals surface area contributed by atoms with E-state index >= 15 is 0 Å². The Kier molecular flexibility index (Phi) is 6.39. The number of aryl methyl sites for hydroxylation is 1. The lowest BCUT2D eigenvalue weighted by Gasteiger charge is -2.14. The van der Waals surface area contributed by atoms with Gasteiger partial charge in [-0.25, -0.2) is 4.98 Å². The average Bonchev–Trinajstić information content (AvgIpc) is 3.12. The van der Waals surface area contributed by atoms with Gasteiger partial charge in [-0.2, -0.15) is 0 Å². The quantitative estimate of drug-likeness (QED) is 0.627. The minimum atomic E-state index is -0.169. The molecular formula is C22H24N2O5. The summed E-state index contributed by atoms with van der Waals surface area (Å²) < 4.78 is 21.7. The number of amides is 1. The van der Waals surface area contributed by atoms with Gasteiger partial charge in [0.2, 0.25) is 11.8 Å². The highest BCUT2D eigenvalue weighted by atomic mass is 16.5. The van der Waals surface area contributed by atoms with Crippen LogP contribution in [0.5, 0.6) is 17.2 Å². The summed E-state index contributed by atoms with van der Waals surface area (Å²) in [7, 11) is 4.68. The number of nitrogens with one attached hydrogen (secondary N) is 1. The molecule has 0 saturated carbocycles. The number of oxazole rings is 1. The van der Waals surface area contributed by atoms with Crippen molar-refractivity contribution < 1.29 is 23.4 Å². The topological polar surface area (TPSA) is 82.8 Å². The Balaban J connectivity index is 1.69. The smallest absolute Gasteiger partial charge is 0.226 e. The van der Waals surface area contributed by atoms with E-state index in [0.717, 1.165) is 11.1 Å². The number of carbonyl (C=O) groups excluding carboxylic acids is 1. The van der Waals surface area contributed by atoms with Crippen molar-refractivity contribution >= 4 is 5.91 Å². The molecule has 1 aromatic heterocycles. The van der Waals surface area contributed by atoms with E-state index in [1.54, 1.807) is 40.4 Å². The standard InChI is InChI=1S/C22H24N2O5/c1-14-17(24-22(29-14)15-8-6-5-7-9-15)11-21(25)23-13-16-10-19(27-3)20(28-4)12-18(16)26-2/h5-10,12H,11,13H2,1-4H3,(H,23,25). The number of aromatic nitrogens is 1. The van der Waals surface area contributed by atoms with Crippen LogP contribution in [0.2, 0.25) is 0 Å². The van der Waals surface area contributed by atoms with Crippen LogP contribution in [-0.4, -0.2) is 32.2 Å². The number of rotatable bonds is 8. The van der Waals surface area contributed by atoms with Gasteiger partial charge in [0.15, 0.2) is 11.5 Å². The van der Waals surface area contributed by atoms with Crippen molar-refractivity contribution in [1.29, 1.82) is 0 Å². The van der Waals surface area contributed by atoms with Gasteiger partial charge in [-0.1, -0.05) is 18.2 Å². The van der Waals surface area contributed by atoms with Gasteiger partial charge in [0.25, 0.3) is 0 Å². The molecule has 3 rings (SSSR count). The fourth-order valence-corrected chi connectivity index (χ4v) is 2.94. The summed E-state index contributed by atoms with van der Waals surface area (Å²) in [5.41, 5.74) is 2.26. The molecule has 0 unspecified atom stereocenters. The lowest BCUT2D eigenvalue weighted by atomic mass is 10.1. The molecule has 1 N–H and O–H groups in total. The zero-order valence-electron chi connectivity index (χ0n) is 16.9. The highest BCUT2D eigenvalue weighted by Gasteiger charge is 2.16. The van der Waals surface area contributed by atoms with Gasteiger partial charge in [0.05, 0.1) is 33.4 Å². The van der Waals surface area contributed by atoms with Crippen LogP contribution in [0.15, 0.2) is 46.9 Å². The van der Waals surface area contributed by atoms with Gasteiger partial charge < -0.3 is 23.9 Å². The van der Waals surface area contributed by atoms with E-state index in [-0.39, 0.29) is 18.9 Å². The molecular weight excluding hydrogens is 372 g/mol. The number of benzene rings is 2. The van der Waals surface area contributed by atoms with E-state index in [0.29, 0.717) is 34.6 Å². The molecule has 0 aliphatic carbocycles. The molecule has 152 valence electrons. The van der Waals surface area contributed by atoms with Gasteiger partial charge in [0, 0.05) is 23.7 Å². The van der Waals surface area contributed by atoms with E-state index < -0.39 is 0 Å². The van der Waals surface area contributed by atoms with Gasteiger partial charge in [-0.05, 0) is 25.1 Å². The summed E-state index contributed by atoms with van der Waals surface area (Å²) in [6, 6.07) is 13.1. The summed E-state index contributed by atoms with van der Waals surface area (Å²) in [4.78, 5) is 16.9. The summed E-state index contributed by atoms with van der Waals surface area (Å²) >= 11 is 0. The molecule has 0 fully saturated rings. The van der Waals surface area contributed by atoms with E-state index in [1.165, 1.54) is 0 Å². The Morgan fingerprint density at radius 1 is 1.00 bits per heavy atom. The first kappa shape index (κ1) is 20.3. The second kappa shape index (κ2) is 9.14. The zero-order chi connectivity index (χ0) is 20.8. The minimum Gasteiger partial charge on any atom is -0.496 e. The van der Waals surface area contributed by atoms with E-state index in [1.807, 2.05) is 30.3 Å². The predicted molar refractivity (Wildman–Crippen MR) is 108 cm³/mol. The first-order valence-electron chi connectivity index (χ1n) is 9.13. The van der Waals surface area contributed by atoms with Crippen molar-refractivity contribution in [2.45, 2.75) is 19.9 Å². The summed E-state index contributed by atoms with van der Waals surface area (Å²) in [5.74, 6) is 2.70. The average molecular weight is 396 g/mol. The van der Waals surface area contributed by atoms with Crippen molar-refractivity contribution in [2.75, 3.05) is 21.3 Å². The maximum absolute atomic E-state index is 12.5. The first-order chi connectivity index (χ1) is 14.0. The number of nitrogens with zero attached hydrogens (tertiary/aromatic N) is 1. The lowest BCUT2D eigenvalue weighted by Crippen LogP contribution is -2.25. The Labute approximate surface area is 169 Å². The molecule has 0 aliphatic rings. The molecule has 0 saturated heterocycles. The normalized spacial score (nSPS) is 10.5. The number of hydrogen-bond donors (Lipinski definition) is 1. The minimum absolute atomic E-state index is 0.123. The van der Waals surface area contributed by atoms with Gasteiger partial charge in [-0.15, -0.1) is 0 Å². The molecule has 0 radical (unpaired) electrons. The summed E-state index contributed by atoms with van der Waals surface area (Å²) in [5, 5.41) is 2.89. The van der Waals surface area contributed by atoms with Crippen LogP contribution in [0.25, 0.3) is 11.5 Å². The molecule has 0 bridgehead atoms. The third kappa shape index (κ3) is 4.68. The molecule has 3 aromatic rings. The van der Waals surface area contributed by atoms with Crippen LogP contribution in [0.1, 0.15) is 17.0 Å². The molecule has 7 heteroatoms. The number of ether oxygens (including phenoxy) is 3. The van der Waals surface area contributed by atoms with Crippen LogP contribution in [0.3, 0.4) is 0 Å². The number of methoxy groups -OCH3 is 3. The Bertz CT molecular complexity index is 982. The van der Waals surface area contributed by atoms with E-state index in [4.69, 9.17) is 18.6 Å². The molecule has 0 atom stereocenters. The Hall–Kier alpha value is -3.48. The lowest BCUT2D eigenvalue weighted by molar-refractivity contribution is -0.120. The number of hydrogen-bond acceptors (Lipinski definition) is 6. The van der Waals surface area contributed by atoms with Crippen LogP contribution in [0, 0.1) is 6.92 Å². The largest absolute Gasteiger partial charge is 0.496 e. The number of carbonyl (C=O) groups is 1. The molecule has 0 spiro atoms. The SMILES string of the molecule is COc1cc(OC)c(OC)cc1CNC(=O)Cc1nc(-c2ccccc2)oc1C. The Morgan fingerprint density at radius 3 is 2.31 bits per heavy atom. The molecule has 7 nitrogen and oxygen atoms in total. The van der Waals surface area contributed by atoms with Crippen LogP contribution in [0.4, 0.5) is 0 Å². The van der Waals surface area contributed by atoms with Crippen molar-refractivity contribution in [3.8, 4) is 28.7 Å². The Morgan fingerprint density at radius 2 is 1.66 bits per heavy atom. The van der Waals surface area contributed by atoms with Crippen molar-refractivity contribution in [1.82, 2.24) is 10.3 Å². The van der Waals surface area contributed by atoms with Crippen molar-refractivity contribution in [2.24, 2.45) is 0 Å². The highest BCUT2D eigenvalue weighted by molar-refractivity contribution is 5.78. The van der Waals surface area contributed by atoms with Gasteiger partial charge in [0.1, 0.15) is 11.5 Å². The fourth-order valence-electron chi connectivity index (χ4n) is 2.94. The van der Waals surface area contributed by atoms with E-state index in [9.17, 15) is 4.79 Å². The third-order valence-corrected chi connectivity index (χ3v) is 4.50. The van der Waals surface area contributed by atoms with Gasteiger partial charge >= 0.3 is 0 Å². The highest BCUT2D eigenvalue weighted by Crippen LogP contribution is 2.34. The molecule has 2 aromatic carbocycles. The maximum atomic E-state index is 12.5. The summed E-state index contributed by atoms with van der Waals surface area (Å²) in [6.07, 6.45) is 0.123. The van der Waals surface area contributed by atoms with Crippen LogP contribution in [-0.2, 0) is 17.8 Å². The first-order valence-corrected chi connectivity index (χ1v) is 9.13. The van der Waals surface area contributed by atoms with Gasteiger partial charge in [-0.3, -0.25) is 4.79 Å². The van der Waals surface area contributed by atoms with Crippen LogP contribution < -0.4 is 19.5 Å². The fraction of sp³-hybridized carbons (Fsp3) is 0.273. The maximum Gasteiger partial charge on any atom is 0.226 e. The van der Waals surface area contributed by atoms with Crippen molar-refractivity contribution in [3.63, 3.8) is 0 Å². The molecule has 0 aliphatic heterocycles. The molecule has 29 heavy (non-hydrogen) atoms. The zero-order valence-corrected chi connectivity index (χ0v) is 16.9. The van der Waals surface area contributed by atoms with Crippen LogP contribution >= 0.6 is 0 Å². The second-order valence-electron chi connectivity index (χ2n) is 6.36. The predicted octanol–water partition coefficient (Wildman–Crippen LogP) is 3.53. The summed E-state index contributed by atoms with van der Waals surface area (Å²) in [6.45, 7) is 2.09. The molecule has 1 heterocycles. The van der Waals surface area contributed by atoms with E-state index in [2.05, 4.69) is 10.3 Å². The molecule has 1 amide bonds. The monoisotopic (exact) mass is 396 g/mol. The third-order valence-electron chi connectivity index (χ3n) is 4.50. The van der Waals surface area contributed by atoms with Crippen molar-refractivity contribution in [3.05, 3.63) is 59.5 Å².